The standard InChI is InChI=1S/C17H23N3O3/c21-16(13-20-8-9-23-17(20)22)18-10-15-6-7-19(12-15)11-14-4-2-1-3-5-14/h1-5,15H,6-13H2,(H,18,21). The lowest BCUT2D eigenvalue weighted by Crippen LogP contribution is -2.39. The molecule has 2 heterocycles. The molecule has 2 amide bonds. The number of cyclic esters (lactones) is 1. The second-order valence-electron chi connectivity index (χ2n) is 6.22. The van der Waals surface area contributed by atoms with Gasteiger partial charge >= 0.3 is 6.09 Å². The zero-order chi connectivity index (χ0) is 16.1. The third kappa shape index (κ3) is 4.45. The monoisotopic (exact) mass is 317 g/mol. The molecule has 6 nitrogen and oxygen atoms in total. The zero-order valence-corrected chi connectivity index (χ0v) is 13.2. The first-order chi connectivity index (χ1) is 11.2. The summed E-state index contributed by atoms with van der Waals surface area (Å²) in [5.74, 6) is 0.374. The summed E-state index contributed by atoms with van der Waals surface area (Å²) in [5.41, 5.74) is 1.32. The second-order valence-corrected chi connectivity index (χ2v) is 6.22. The Labute approximate surface area is 136 Å². The van der Waals surface area contributed by atoms with Crippen LogP contribution in [-0.4, -0.2) is 61.1 Å². The quantitative estimate of drug-likeness (QED) is 0.853. The number of carbonyl (C=O) groups excluding carboxylic acids is 2. The molecule has 2 aliphatic rings. The van der Waals surface area contributed by atoms with Crippen molar-refractivity contribution in [3.63, 3.8) is 0 Å². The van der Waals surface area contributed by atoms with Gasteiger partial charge in [-0.1, -0.05) is 30.3 Å². The van der Waals surface area contributed by atoms with Crippen LogP contribution >= 0.6 is 0 Å². The van der Waals surface area contributed by atoms with E-state index in [1.807, 2.05) is 6.07 Å². The largest absolute Gasteiger partial charge is 0.448 e. The Bertz CT molecular complexity index is 549. The number of benzene rings is 1. The molecule has 0 radical (unpaired) electrons. The maximum atomic E-state index is 11.9. The molecule has 1 aromatic rings. The van der Waals surface area contributed by atoms with Gasteiger partial charge in [0.25, 0.3) is 0 Å². The number of nitrogens with zero attached hydrogens (tertiary/aromatic N) is 2. The zero-order valence-electron chi connectivity index (χ0n) is 13.2. The van der Waals surface area contributed by atoms with Gasteiger partial charge in [-0.25, -0.2) is 4.79 Å². The molecule has 2 fully saturated rings. The van der Waals surface area contributed by atoms with Crippen LogP contribution in [0.1, 0.15) is 12.0 Å². The van der Waals surface area contributed by atoms with Crippen LogP contribution in [0.15, 0.2) is 30.3 Å². The maximum absolute atomic E-state index is 11.9. The van der Waals surface area contributed by atoms with Gasteiger partial charge in [-0.15, -0.1) is 0 Å². The van der Waals surface area contributed by atoms with E-state index in [0.717, 1.165) is 26.1 Å². The van der Waals surface area contributed by atoms with Crippen LogP contribution in [-0.2, 0) is 16.1 Å². The van der Waals surface area contributed by atoms with Crippen molar-refractivity contribution in [3.05, 3.63) is 35.9 Å². The summed E-state index contributed by atoms with van der Waals surface area (Å²) in [5, 5.41) is 2.94. The van der Waals surface area contributed by atoms with E-state index in [1.54, 1.807) is 0 Å². The molecule has 23 heavy (non-hydrogen) atoms. The topological polar surface area (TPSA) is 61.9 Å². The third-order valence-corrected chi connectivity index (χ3v) is 4.39. The van der Waals surface area contributed by atoms with Gasteiger partial charge in [-0.3, -0.25) is 14.6 Å². The third-order valence-electron chi connectivity index (χ3n) is 4.39. The highest BCUT2D eigenvalue weighted by atomic mass is 16.6. The molecule has 1 aromatic carbocycles. The lowest BCUT2D eigenvalue weighted by atomic mass is 10.1. The average Bonchev–Trinajstić information content (AvgIpc) is 3.16. The molecule has 3 rings (SSSR count). The van der Waals surface area contributed by atoms with Crippen LogP contribution in [0.5, 0.6) is 0 Å². The number of hydrogen-bond acceptors (Lipinski definition) is 4. The minimum atomic E-state index is -0.393. The molecule has 0 saturated carbocycles. The number of carbonyl (C=O) groups is 2. The number of hydrogen-bond donors (Lipinski definition) is 1. The molecule has 0 aromatic heterocycles. The number of rotatable bonds is 6. The molecule has 124 valence electrons. The fourth-order valence-electron chi connectivity index (χ4n) is 3.12. The van der Waals surface area contributed by atoms with E-state index in [9.17, 15) is 9.59 Å². The van der Waals surface area contributed by atoms with Crippen molar-refractivity contribution in [2.24, 2.45) is 5.92 Å². The van der Waals surface area contributed by atoms with Crippen LogP contribution in [0.4, 0.5) is 4.79 Å². The Hall–Kier alpha value is -2.08. The molecule has 0 aliphatic carbocycles. The Morgan fingerprint density at radius 3 is 2.83 bits per heavy atom. The maximum Gasteiger partial charge on any atom is 0.410 e. The summed E-state index contributed by atoms with van der Waals surface area (Å²) >= 11 is 0. The summed E-state index contributed by atoms with van der Waals surface area (Å²) in [6.07, 6.45) is 0.703. The first kappa shape index (κ1) is 15.8. The number of amides is 2. The molecule has 0 spiro atoms. The summed E-state index contributed by atoms with van der Waals surface area (Å²) < 4.78 is 4.82. The normalized spacial score (nSPS) is 21.5. The smallest absolute Gasteiger partial charge is 0.410 e. The lowest BCUT2D eigenvalue weighted by Gasteiger charge is -2.17. The Kier molecular flexibility index (Phi) is 5.12. The average molecular weight is 317 g/mol. The summed E-state index contributed by atoms with van der Waals surface area (Å²) in [7, 11) is 0. The van der Waals surface area contributed by atoms with Gasteiger partial charge in [-0.2, -0.15) is 0 Å². The van der Waals surface area contributed by atoms with Crippen molar-refractivity contribution in [1.82, 2.24) is 15.1 Å². The minimum absolute atomic E-state index is 0.0965. The van der Waals surface area contributed by atoms with Gasteiger partial charge in [0.2, 0.25) is 5.91 Å². The van der Waals surface area contributed by atoms with E-state index in [1.165, 1.54) is 10.5 Å². The van der Waals surface area contributed by atoms with E-state index >= 15 is 0 Å². The first-order valence-corrected chi connectivity index (χ1v) is 8.15. The molecule has 2 aliphatic heterocycles. The highest BCUT2D eigenvalue weighted by Gasteiger charge is 2.26. The van der Waals surface area contributed by atoms with Crippen molar-refractivity contribution >= 4 is 12.0 Å². The van der Waals surface area contributed by atoms with Crippen molar-refractivity contribution < 1.29 is 14.3 Å². The van der Waals surface area contributed by atoms with Gasteiger partial charge < -0.3 is 10.1 Å². The van der Waals surface area contributed by atoms with Crippen LogP contribution in [0, 0.1) is 5.92 Å². The van der Waals surface area contributed by atoms with Crippen LogP contribution < -0.4 is 5.32 Å². The van der Waals surface area contributed by atoms with Gasteiger partial charge in [-0.05, 0) is 24.4 Å². The van der Waals surface area contributed by atoms with Gasteiger partial charge in [0.1, 0.15) is 13.2 Å². The molecule has 1 unspecified atom stereocenters. The first-order valence-electron chi connectivity index (χ1n) is 8.15. The molecule has 1 N–H and O–H groups in total. The van der Waals surface area contributed by atoms with Crippen LogP contribution in [0.2, 0.25) is 0 Å². The fraction of sp³-hybridized carbons (Fsp3) is 0.529. The summed E-state index contributed by atoms with van der Waals surface area (Å²) in [6.45, 7) is 4.68. The molecular weight excluding hydrogens is 294 g/mol. The van der Waals surface area contributed by atoms with Gasteiger partial charge in [0.15, 0.2) is 0 Å². The number of ether oxygens (including phenoxy) is 1. The van der Waals surface area contributed by atoms with Crippen LogP contribution in [0.3, 0.4) is 0 Å². The minimum Gasteiger partial charge on any atom is -0.448 e. The predicted octanol–water partition coefficient (Wildman–Crippen LogP) is 1.08. The van der Waals surface area contributed by atoms with Gasteiger partial charge in [0, 0.05) is 19.6 Å². The molecule has 0 bridgehead atoms. The van der Waals surface area contributed by atoms with E-state index in [-0.39, 0.29) is 12.5 Å². The van der Waals surface area contributed by atoms with E-state index < -0.39 is 6.09 Å². The van der Waals surface area contributed by atoms with Crippen molar-refractivity contribution in [2.75, 3.05) is 39.3 Å². The van der Waals surface area contributed by atoms with Crippen molar-refractivity contribution in [3.8, 4) is 0 Å². The molecule has 6 heteroatoms. The lowest BCUT2D eigenvalue weighted by molar-refractivity contribution is -0.121. The summed E-state index contributed by atoms with van der Waals surface area (Å²) in [6, 6.07) is 10.4. The Balaban J connectivity index is 1.36. The highest BCUT2D eigenvalue weighted by molar-refractivity contribution is 5.82. The molecular formula is C17H23N3O3. The summed E-state index contributed by atoms with van der Waals surface area (Å²) in [4.78, 5) is 27.1. The number of nitrogens with one attached hydrogen (secondary N) is 1. The van der Waals surface area contributed by atoms with Gasteiger partial charge in [0.05, 0.1) is 6.54 Å². The SMILES string of the molecule is O=C(CN1CCOC1=O)NCC1CCN(Cc2ccccc2)C1. The van der Waals surface area contributed by atoms with Crippen molar-refractivity contribution in [2.45, 2.75) is 13.0 Å². The van der Waals surface area contributed by atoms with E-state index in [2.05, 4.69) is 34.5 Å². The van der Waals surface area contributed by atoms with Crippen molar-refractivity contribution in [1.29, 1.82) is 0 Å². The second kappa shape index (κ2) is 7.46. The fourth-order valence-corrected chi connectivity index (χ4v) is 3.12. The predicted molar refractivity (Wildman–Crippen MR) is 85.8 cm³/mol. The Morgan fingerprint density at radius 1 is 1.26 bits per heavy atom. The highest BCUT2D eigenvalue weighted by Crippen LogP contribution is 2.18. The van der Waals surface area contributed by atoms with Crippen LogP contribution in [0.25, 0.3) is 0 Å². The Morgan fingerprint density at radius 2 is 2.09 bits per heavy atom. The van der Waals surface area contributed by atoms with E-state index in [4.69, 9.17) is 4.74 Å². The molecule has 1 atom stereocenters. The van der Waals surface area contributed by atoms with E-state index in [0.29, 0.717) is 25.6 Å². The molecule has 2 saturated heterocycles. The number of likely N-dealkylation sites (tertiary alicyclic amines) is 1.